The van der Waals surface area contributed by atoms with Gasteiger partial charge in [-0.3, -0.25) is 4.79 Å². The maximum atomic E-state index is 11.3. The minimum absolute atomic E-state index is 0.0147. The van der Waals surface area contributed by atoms with E-state index < -0.39 is 11.9 Å². The number of benzene rings is 2. The zero-order valence-electron chi connectivity index (χ0n) is 10.3. The molecule has 0 saturated heterocycles. The molecular weight excluding hydrogens is 240 g/mol. The summed E-state index contributed by atoms with van der Waals surface area (Å²) in [5.74, 6) is -1.77. The van der Waals surface area contributed by atoms with Gasteiger partial charge in [-0.05, 0) is 16.7 Å². The largest absolute Gasteiger partial charge is 0.481 e. The summed E-state index contributed by atoms with van der Waals surface area (Å²) in [6, 6.07) is 16.9. The van der Waals surface area contributed by atoms with Crippen molar-refractivity contribution in [1.29, 1.82) is 0 Å². The van der Waals surface area contributed by atoms with Crippen LogP contribution >= 0.6 is 0 Å². The molecule has 96 valence electrons. The third-order valence-electron chi connectivity index (χ3n) is 3.05. The Morgan fingerprint density at radius 2 is 1.68 bits per heavy atom. The predicted molar refractivity (Wildman–Crippen MR) is 72.9 cm³/mol. The number of aldehydes is 1. The highest BCUT2D eigenvalue weighted by Gasteiger charge is 2.22. The van der Waals surface area contributed by atoms with E-state index in [1.165, 1.54) is 0 Å². The van der Waals surface area contributed by atoms with Crippen LogP contribution in [0.1, 0.15) is 17.9 Å². The fourth-order valence-corrected chi connectivity index (χ4v) is 2.14. The highest BCUT2D eigenvalue weighted by atomic mass is 16.4. The molecule has 19 heavy (non-hydrogen) atoms. The summed E-state index contributed by atoms with van der Waals surface area (Å²) in [7, 11) is 0. The minimum Gasteiger partial charge on any atom is -0.481 e. The molecule has 0 bridgehead atoms. The summed E-state index contributed by atoms with van der Waals surface area (Å²) in [6.07, 6.45) is 0.639. The monoisotopic (exact) mass is 254 g/mol. The molecule has 0 fully saturated rings. The average molecular weight is 254 g/mol. The number of carboxylic acid groups (broad SMARTS) is 1. The van der Waals surface area contributed by atoms with Gasteiger partial charge in [-0.25, -0.2) is 0 Å². The van der Waals surface area contributed by atoms with Crippen LogP contribution in [0.15, 0.2) is 54.6 Å². The number of carboxylic acids is 1. The van der Waals surface area contributed by atoms with Gasteiger partial charge in [0.15, 0.2) is 0 Å². The molecule has 0 aliphatic carbocycles. The van der Waals surface area contributed by atoms with E-state index in [9.17, 15) is 14.7 Å². The summed E-state index contributed by atoms with van der Waals surface area (Å²) in [6.45, 7) is 0. The summed E-state index contributed by atoms with van der Waals surface area (Å²) in [5, 5.41) is 9.27. The van der Waals surface area contributed by atoms with Gasteiger partial charge < -0.3 is 9.90 Å². The van der Waals surface area contributed by atoms with Gasteiger partial charge in [-0.2, -0.15) is 0 Å². The highest BCUT2D eigenvalue weighted by Crippen LogP contribution is 2.30. The van der Waals surface area contributed by atoms with Crippen molar-refractivity contribution in [3.63, 3.8) is 0 Å². The van der Waals surface area contributed by atoms with Crippen molar-refractivity contribution in [2.24, 2.45) is 0 Å². The average Bonchev–Trinajstić information content (AvgIpc) is 2.45. The van der Waals surface area contributed by atoms with E-state index in [1.54, 1.807) is 12.1 Å². The molecule has 0 aliphatic rings. The molecule has 2 rings (SSSR count). The Labute approximate surface area is 111 Å². The number of hydrogen-bond acceptors (Lipinski definition) is 2. The van der Waals surface area contributed by atoms with Gasteiger partial charge >= 0.3 is 5.97 Å². The minimum atomic E-state index is -0.976. The second-order valence-electron chi connectivity index (χ2n) is 4.25. The van der Waals surface area contributed by atoms with Crippen LogP contribution in [0.4, 0.5) is 0 Å². The fourth-order valence-electron chi connectivity index (χ4n) is 2.14. The molecule has 1 unspecified atom stereocenters. The van der Waals surface area contributed by atoms with Gasteiger partial charge in [-0.15, -0.1) is 0 Å². The first-order valence-electron chi connectivity index (χ1n) is 6.05. The van der Waals surface area contributed by atoms with Gasteiger partial charge in [0.25, 0.3) is 0 Å². The maximum Gasteiger partial charge on any atom is 0.311 e. The summed E-state index contributed by atoms with van der Waals surface area (Å²) >= 11 is 0. The molecule has 2 aromatic carbocycles. The van der Waals surface area contributed by atoms with Gasteiger partial charge in [0, 0.05) is 6.42 Å². The normalized spacial score (nSPS) is 11.8. The molecule has 2 aromatic rings. The zero-order chi connectivity index (χ0) is 13.7. The topological polar surface area (TPSA) is 54.4 Å². The summed E-state index contributed by atoms with van der Waals surface area (Å²) < 4.78 is 0. The Bertz CT molecular complexity index is 576. The Morgan fingerprint density at radius 1 is 1.05 bits per heavy atom. The standard InChI is InChI=1S/C16H14O3/c17-11-10-15(16(18)19)14-9-5-4-8-13(14)12-6-2-1-3-7-12/h1-9,11,15H,10H2,(H,18,19). The lowest BCUT2D eigenvalue weighted by molar-refractivity contribution is -0.139. The smallest absolute Gasteiger partial charge is 0.311 e. The van der Waals surface area contributed by atoms with Crippen LogP contribution in [0.2, 0.25) is 0 Å². The molecular formula is C16H14O3. The zero-order valence-corrected chi connectivity index (χ0v) is 10.3. The lowest BCUT2D eigenvalue weighted by Gasteiger charge is -2.15. The van der Waals surface area contributed by atoms with E-state index in [2.05, 4.69) is 0 Å². The van der Waals surface area contributed by atoms with Gasteiger partial charge in [0.2, 0.25) is 0 Å². The number of rotatable bonds is 5. The lowest BCUT2D eigenvalue weighted by atomic mass is 9.89. The third kappa shape index (κ3) is 2.88. The van der Waals surface area contributed by atoms with Gasteiger partial charge in [0.1, 0.15) is 6.29 Å². The highest BCUT2D eigenvalue weighted by molar-refractivity contribution is 5.83. The molecule has 0 saturated carbocycles. The van der Waals surface area contributed by atoms with E-state index in [1.807, 2.05) is 42.5 Å². The molecule has 3 nitrogen and oxygen atoms in total. The first-order valence-corrected chi connectivity index (χ1v) is 6.05. The van der Waals surface area contributed by atoms with Crippen molar-refractivity contribution < 1.29 is 14.7 Å². The number of carbonyl (C=O) groups is 2. The third-order valence-corrected chi connectivity index (χ3v) is 3.05. The van der Waals surface area contributed by atoms with Crippen LogP contribution in [-0.2, 0) is 9.59 Å². The molecule has 0 radical (unpaired) electrons. The first-order chi connectivity index (χ1) is 9.24. The summed E-state index contributed by atoms with van der Waals surface area (Å²) in [5.41, 5.74) is 2.49. The molecule has 0 amide bonds. The number of hydrogen-bond donors (Lipinski definition) is 1. The van der Waals surface area contributed by atoms with Crippen LogP contribution in [0.3, 0.4) is 0 Å². The van der Waals surface area contributed by atoms with Crippen molar-refractivity contribution in [3.05, 3.63) is 60.2 Å². The predicted octanol–water partition coefficient (Wildman–Crippen LogP) is 3.11. The van der Waals surface area contributed by atoms with Crippen molar-refractivity contribution in [1.82, 2.24) is 0 Å². The van der Waals surface area contributed by atoms with E-state index in [0.29, 0.717) is 11.8 Å². The van der Waals surface area contributed by atoms with Crippen molar-refractivity contribution >= 4 is 12.3 Å². The van der Waals surface area contributed by atoms with E-state index >= 15 is 0 Å². The fraction of sp³-hybridized carbons (Fsp3) is 0.125. The second-order valence-corrected chi connectivity index (χ2v) is 4.25. The lowest BCUT2D eigenvalue weighted by Crippen LogP contribution is -2.13. The Hall–Kier alpha value is -2.42. The molecule has 0 aromatic heterocycles. The quantitative estimate of drug-likeness (QED) is 0.834. The van der Waals surface area contributed by atoms with Crippen LogP contribution in [-0.4, -0.2) is 17.4 Å². The van der Waals surface area contributed by atoms with Crippen molar-refractivity contribution in [2.75, 3.05) is 0 Å². The second kappa shape index (κ2) is 5.96. The van der Waals surface area contributed by atoms with Crippen LogP contribution in [0, 0.1) is 0 Å². The number of carbonyl (C=O) groups excluding carboxylic acids is 1. The number of aliphatic carboxylic acids is 1. The first kappa shape index (κ1) is 13.0. The SMILES string of the molecule is O=CCC(C(=O)O)c1ccccc1-c1ccccc1. The van der Waals surface area contributed by atoms with Gasteiger partial charge in [0.05, 0.1) is 5.92 Å². The van der Waals surface area contributed by atoms with Crippen LogP contribution < -0.4 is 0 Å². The Morgan fingerprint density at radius 3 is 2.32 bits per heavy atom. The molecule has 1 N–H and O–H groups in total. The van der Waals surface area contributed by atoms with E-state index in [0.717, 1.165) is 11.1 Å². The summed E-state index contributed by atoms with van der Waals surface area (Å²) in [4.78, 5) is 22.0. The van der Waals surface area contributed by atoms with Crippen LogP contribution in [0.25, 0.3) is 11.1 Å². The maximum absolute atomic E-state index is 11.3. The van der Waals surface area contributed by atoms with Gasteiger partial charge in [-0.1, -0.05) is 54.6 Å². The molecule has 3 heteroatoms. The van der Waals surface area contributed by atoms with E-state index in [4.69, 9.17) is 0 Å². The molecule has 0 spiro atoms. The van der Waals surface area contributed by atoms with E-state index in [-0.39, 0.29) is 6.42 Å². The molecule has 0 aliphatic heterocycles. The molecule has 1 atom stereocenters. The Kier molecular flexibility index (Phi) is 4.08. The molecule has 0 heterocycles. The van der Waals surface area contributed by atoms with Crippen LogP contribution in [0.5, 0.6) is 0 Å². The Balaban J connectivity index is 2.52. The van der Waals surface area contributed by atoms with Crippen molar-refractivity contribution in [3.8, 4) is 11.1 Å². The van der Waals surface area contributed by atoms with Crippen molar-refractivity contribution in [2.45, 2.75) is 12.3 Å².